The summed E-state index contributed by atoms with van der Waals surface area (Å²) in [7, 11) is 0. The number of aliphatic hydroxyl groups is 1. The van der Waals surface area contributed by atoms with Gasteiger partial charge in [-0.3, -0.25) is 9.59 Å². The smallest absolute Gasteiger partial charge is 0.390 e. The number of amides is 2. The summed E-state index contributed by atoms with van der Waals surface area (Å²) in [5.41, 5.74) is 2.32. The number of H-pyrrole nitrogens is 1. The van der Waals surface area contributed by atoms with E-state index in [1.807, 2.05) is 36.4 Å². The van der Waals surface area contributed by atoms with Gasteiger partial charge in [0.2, 0.25) is 5.91 Å². The van der Waals surface area contributed by atoms with E-state index in [1.54, 1.807) is 29.3 Å². The molecule has 0 aliphatic carbocycles. The second kappa shape index (κ2) is 12.2. The van der Waals surface area contributed by atoms with Crippen LogP contribution in [0.15, 0.2) is 79.0 Å². The number of anilines is 1. The highest BCUT2D eigenvalue weighted by Crippen LogP contribution is 2.32. The average Bonchev–Trinajstić information content (AvgIpc) is 3.61. The first kappa shape index (κ1) is 28.4. The molecule has 0 unspecified atom stereocenters. The molecule has 2 heterocycles. The maximum atomic E-state index is 13.5. The summed E-state index contributed by atoms with van der Waals surface area (Å²) in [6.45, 7) is 0.734. The average molecular weight is 565 g/mol. The summed E-state index contributed by atoms with van der Waals surface area (Å²) in [5, 5.41) is 17.9. The van der Waals surface area contributed by atoms with Gasteiger partial charge in [-0.15, -0.1) is 0 Å². The third-order valence-corrected chi connectivity index (χ3v) is 7.29. The Morgan fingerprint density at radius 1 is 1.02 bits per heavy atom. The molecule has 4 N–H and O–H groups in total. The van der Waals surface area contributed by atoms with Crippen LogP contribution in [0.25, 0.3) is 10.9 Å². The van der Waals surface area contributed by atoms with E-state index >= 15 is 0 Å². The molecule has 214 valence electrons. The van der Waals surface area contributed by atoms with E-state index in [0.29, 0.717) is 36.2 Å². The molecule has 0 spiro atoms. The summed E-state index contributed by atoms with van der Waals surface area (Å²) in [6.07, 6.45) is -2.18. The number of aromatic nitrogens is 1. The van der Waals surface area contributed by atoms with Gasteiger partial charge in [0, 0.05) is 48.7 Å². The molecule has 1 aromatic heterocycles. The van der Waals surface area contributed by atoms with Gasteiger partial charge in [0.25, 0.3) is 5.91 Å². The molecule has 3 aromatic carbocycles. The fraction of sp³-hybridized carbons (Fsp3) is 0.290. The number of benzene rings is 3. The number of aromatic amines is 1. The lowest BCUT2D eigenvalue weighted by atomic mass is 10.00. The van der Waals surface area contributed by atoms with Crippen LogP contribution >= 0.6 is 0 Å². The van der Waals surface area contributed by atoms with Crippen LogP contribution in [0.4, 0.5) is 18.9 Å². The van der Waals surface area contributed by atoms with Crippen molar-refractivity contribution in [2.75, 3.05) is 18.0 Å². The Bertz CT molecular complexity index is 1520. The maximum absolute atomic E-state index is 13.5. The van der Waals surface area contributed by atoms with Crippen molar-refractivity contribution in [1.82, 2.24) is 15.6 Å². The number of nitrogens with zero attached hydrogens (tertiary/aromatic N) is 1. The number of alkyl halides is 3. The van der Waals surface area contributed by atoms with Crippen LogP contribution < -0.4 is 15.5 Å². The van der Waals surface area contributed by atoms with Gasteiger partial charge in [-0.25, -0.2) is 0 Å². The number of fused-ring (bicyclic) bond motifs is 1. The number of hydrogen-bond donors (Lipinski definition) is 4. The van der Waals surface area contributed by atoms with Gasteiger partial charge in [0.05, 0.1) is 23.4 Å². The zero-order chi connectivity index (χ0) is 29.0. The van der Waals surface area contributed by atoms with Crippen LogP contribution in [0.2, 0.25) is 0 Å². The normalized spacial score (nSPS) is 15.3. The monoisotopic (exact) mass is 564 g/mol. The highest BCUT2D eigenvalue weighted by atomic mass is 19.4. The van der Waals surface area contributed by atoms with Gasteiger partial charge in [-0.2, -0.15) is 13.2 Å². The zero-order valence-electron chi connectivity index (χ0n) is 22.2. The standard InChI is InChI=1S/C31H31F3N4O3/c32-31(33,34)23-9-4-8-21(14-23)18-35-19-28(39)26(15-20-6-2-1-3-7-20)37-30(41)22-16-25-24(11-12-36-25)27(17-22)38-13-5-10-29(38)40/h1-4,6-9,11-12,14,16-17,26,28,35-36,39H,5,10,13,15,18-19H2,(H,37,41)/t26-,28-/m0/s1. The third-order valence-electron chi connectivity index (χ3n) is 7.29. The van der Waals surface area contributed by atoms with Gasteiger partial charge in [0.1, 0.15) is 0 Å². The third kappa shape index (κ3) is 6.78. The number of halogens is 3. The lowest BCUT2D eigenvalue weighted by Crippen LogP contribution is -2.48. The largest absolute Gasteiger partial charge is 0.416 e. The molecule has 4 aromatic rings. The van der Waals surface area contributed by atoms with Crippen molar-refractivity contribution in [1.29, 1.82) is 0 Å². The predicted octanol–water partition coefficient (Wildman–Crippen LogP) is 4.81. The Kier molecular flexibility index (Phi) is 8.41. The van der Waals surface area contributed by atoms with Gasteiger partial charge in [-0.05, 0) is 48.2 Å². The van der Waals surface area contributed by atoms with Crippen molar-refractivity contribution >= 4 is 28.4 Å². The number of carbonyl (C=O) groups is 2. The quantitative estimate of drug-likeness (QED) is 0.222. The zero-order valence-corrected chi connectivity index (χ0v) is 22.2. The van der Waals surface area contributed by atoms with Crippen molar-refractivity contribution in [2.24, 2.45) is 0 Å². The minimum absolute atomic E-state index is 0.00859. The second-order valence-electron chi connectivity index (χ2n) is 10.2. The minimum atomic E-state index is -4.44. The van der Waals surface area contributed by atoms with Crippen LogP contribution in [0.1, 0.15) is 39.9 Å². The van der Waals surface area contributed by atoms with Crippen LogP contribution in [-0.4, -0.2) is 47.1 Å². The Balaban J connectivity index is 1.32. The van der Waals surface area contributed by atoms with Crippen molar-refractivity contribution in [2.45, 2.75) is 44.1 Å². The molecule has 41 heavy (non-hydrogen) atoms. The fourth-order valence-corrected chi connectivity index (χ4v) is 5.17. The number of rotatable bonds is 10. The molecule has 2 amide bonds. The minimum Gasteiger partial charge on any atom is -0.390 e. The topological polar surface area (TPSA) is 97.5 Å². The molecule has 0 radical (unpaired) electrons. The Labute approximate surface area is 235 Å². The molecule has 1 aliphatic rings. The first-order chi connectivity index (χ1) is 19.7. The molecule has 0 bridgehead atoms. The van der Waals surface area contributed by atoms with E-state index in [1.165, 1.54) is 6.07 Å². The Hall–Kier alpha value is -4.15. The van der Waals surface area contributed by atoms with E-state index < -0.39 is 29.8 Å². The number of nitrogens with one attached hydrogen (secondary N) is 3. The Morgan fingerprint density at radius 2 is 1.80 bits per heavy atom. The maximum Gasteiger partial charge on any atom is 0.416 e. The molecule has 5 rings (SSSR count). The summed E-state index contributed by atoms with van der Waals surface area (Å²) in [6, 6.07) is 19.0. The lowest BCUT2D eigenvalue weighted by Gasteiger charge is -2.25. The predicted molar refractivity (Wildman–Crippen MR) is 150 cm³/mol. The van der Waals surface area contributed by atoms with Gasteiger partial charge in [-0.1, -0.05) is 48.5 Å². The highest BCUT2D eigenvalue weighted by molar-refractivity contribution is 6.08. The molecule has 2 atom stereocenters. The molecule has 10 heteroatoms. The summed E-state index contributed by atoms with van der Waals surface area (Å²) < 4.78 is 39.2. The first-order valence-electron chi connectivity index (χ1n) is 13.5. The number of aliphatic hydroxyl groups excluding tert-OH is 1. The molecule has 1 fully saturated rings. The van der Waals surface area contributed by atoms with Crippen LogP contribution in [-0.2, 0) is 23.9 Å². The van der Waals surface area contributed by atoms with Crippen molar-refractivity contribution in [3.63, 3.8) is 0 Å². The fourth-order valence-electron chi connectivity index (χ4n) is 5.17. The molecular weight excluding hydrogens is 533 g/mol. The van der Waals surface area contributed by atoms with Crippen LogP contribution in [0.5, 0.6) is 0 Å². The first-order valence-corrected chi connectivity index (χ1v) is 13.5. The lowest BCUT2D eigenvalue weighted by molar-refractivity contribution is -0.137. The Morgan fingerprint density at radius 3 is 2.54 bits per heavy atom. The molecule has 0 saturated carbocycles. The van der Waals surface area contributed by atoms with Gasteiger partial charge >= 0.3 is 6.18 Å². The molecule has 1 aliphatic heterocycles. The molecular formula is C31H31F3N4O3. The second-order valence-corrected chi connectivity index (χ2v) is 10.2. The SMILES string of the molecule is O=C(N[C@@H](Cc1ccccc1)[C@@H](O)CNCc1cccc(C(F)(F)F)c1)c1cc(N2CCCC2=O)c2cc[nH]c2c1. The van der Waals surface area contributed by atoms with E-state index in [9.17, 15) is 27.9 Å². The van der Waals surface area contributed by atoms with E-state index in [0.717, 1.165) is 35.0 Å². The highest BCUT2D eigenvalue weighted by Gasteiger charge is 2.30. The van der Waals surface area contributed by atoms with Gasteiger partial charge in [0.15, 0.2) is 0 Å². The van der Waals surface area contributed by atoms with E-state index in [4.69, 9.17) is 0 Å². The van der Waals surface area contributed by atoms with Gasteiger partial charge < -0.3 is 25.6 Å². The van der Waals surface area contributed by atoms with Crippen molar-refractivity contribution in [3.8, 4) is 0 Å². The van der Waals surface area contributed by atoms with Crippen molar-refractivity contribution < 1.29 is 27.9 Å². The summed E-state index contributed by atoms with van der Waals surface area (Å²) in [4.78, 5) is 30.8. The number of hydrogen-bond acceptors (Lipinski definition) is 4. The van der Waals surface area contributed by atoms with Crippen molar-refractivity contribution in [3.05, 3.63) is 101 Å². The molecule has 1 saturated heterocycles. The number of carbonyl (C=O) groups excluding carboxylic acids is 2. The van der Waals surface area contributed by atoms with Crippen LogP contribution in [0, 0.1) is 0 Å². The van der Waals surface area contributed by atoms with E-state index in [-0.39, 0.29) is 19.0 Å². The summed E-state index contributed by atoms with van der Waals surface area (Å²) >= 11 is 0. The van der Waals surface area contributed by atoms with Crippen LogP contribution in [0.3, 0.4) is 0 Å². The summed E-state index contributed by atoms with van der Waals surface area (Å²) in [5.74, 6) is -0.401. The molecule has 7 nitrogen and oxygen atoms in total. The van der Waals surface area contributed by atoms with E-state index in [2.05, 4.69) is 15.6 Å².